The van der Waals surface area contributed by atoms with Crippen molar-refractivity contribution >= 4 is 5.96 Å². The average molecular weight is 333 g/mol. The summed E-state index contributed by atoms with van der Waals surface area (Å²) in [5.74, 6) is 1.75. The van der Waals surface area contributed by atoms with Crippen LogP contribution in [0.15, 0.2) is 29.3 Å². The number of nitrogens with one attached hydrogen (secondary N) is 2. The maximum atomic E-state index is 9.61. The van der Waals surface area contributed by atoms with Crippen LogP contribution in [-0.4, -0.2) is 42.4 Å². The molecule has 1 saturated carbocycles. The number of hydrogen-bond donors (Lipinski definition) is 3. The van der Waals surface area contributed by atoms with Crippen molar-refractivity contribution < 1.29 is 9.84 Å². The third-order valence-electron chi connectivity index (χ3n) is 4.31. The summed E-state index contributed by atoms with van der Waals surface area (Å²) in [7, 11) is 0. The molecule has 3 N–H and O–H groups in total. The fourth-order valence-corrected chi connectivity index (χ4v) is 2.90. The lowest BCUT2D eigenvalue weighted by atomic mass is 9.93. The minimum Gasteiger partial charge on any atom is -0.489 e. The molecule has 5 heteroatoms. The first-order valence-corrected chi connectivity index (χ1v) is 9.03. The zero-order valence-corrected chi connectivity index (χ0v) is 15.1. The van der Waals surface area contributed by atoms with E-state index in [0.717, 1.165) is 49.5 Å². The monoisotopic (exact) mass is 333 g/mol. The van der Waals surface area contributed by atoms with E-state index in [1.165, 1.54) is 0 Å². The van der Waals surface area contributed by atoms with Crippen LogP contribution < -0.4 is 15.4 Å². The lowest BCUT2D eigenvalue weighted by Gasteiger charge is -2.27. The van der Waals surface area contributed by atoms with Crippen LogP contribution in [0.1, 0.15) is 45.1 Å². The lowest BCUT2D eigenvalue weighted by Crippen LogP contribution is -2.45. The van der Waals surface area contributed by atoms with E-state index >= 15 is 0 Å². The Bertz CT molecular complexity index is 525. The van der Waals surface area contributed by atoms with Gasteiger partial charge in [0.1, 0.15) is 11.9 Å². The molecule has 1 unspecified atom stereocenters. The highest BCUT2D eigenvalue weighted by atomic mass is 16.5. The standard InChI is InChI=1S/C19H31N3O2/c1-4-20-19(22-16-9-11-17(23)12-10-16)21-13-15(3)24-18-8-6-5-7-14(18)2/h5-8,15-17,23H,4,9-13H2,1-3H3,(H2,20,21,22). The molecule has 1 atom stereocenters. The van der Waals surface area contributed by atoms with E-state index in [0.29, 0.717) is 12.6 Å². The summed E-state index contributed by atoms with van der Waals surface area (Å²) in [4.78, 5) is 4.66. The van der Waals surface area contributed by atoms with Gasteiger partial charge in [-0.15, -0.1) is 0 Å². The summed E-state index contributed by atoms with van der Waals surface area (Å²) >= 11 is 0. The smallest absolute Gasteiger partial charge is 0.191 e. The van der Waals surface area contributed by atoms with Crippen LogP contribution in [0, 0.1) is 6.92 Å². The van der Waals surface area contributed by atoms with Crippen molar-refractivity contribution in [3.05, 3.63) is 29.8 Å². The molecule has 1 aromatic rings. The number of aliphatic hydroxyl groups excluding tert-OH is 1. The van der Waals surface area contributed by atoms with E-state index < -0.39 is 0 Å². The summed E-state index contributed by atoms with van der Waals surface area (Å²) < 4.78 is 5.98. The maximum Gasteiger partial charge on any atom is 0.191 e. The second-order valence-corrected chi connectivity index (χ2v) is 6.56. The number of aliphatic hydroxyl groups is 1. The van der Waals surface area contributed by atoms with Gasteiger partial charge in [-0.05, 0) is 58.1 Å². The van der Waals surface area contributed by atoms with Gasteiger partial charge in [-0.3, -0.25) is 0 Å². The average Bonchev–Trinajstić information content (AvgIpc) is 2.57. The summed E-state index contributed by atoms with van der Waals surface area (Å²) in [6.07, 6.45) is 3.58. The number of ether oxygens (including phenoxy) is 1. The van der Waals surface area contributed by atoms with Crippen LogP contribution in [0.5, 0.6) is 5.75 Å². The Hall–Kier alpha value is -1.75. The molecule has 1 aliphatic rings. The first-order chi connectivity index (χ1) is 11.6. The Morgan fingerprint density at radius 3 is 2.67 bits per heavy atom. The molecule has 0 aromatic heterocycles. The number of aryl methyl sites for hydroxylation is 1. The van der Waals surface area contributed by atoms with Gasteiger partial charge in [0.05, 0.1) is 12.6 Å². The molecule has 2 rings (SSSR count). The molecule has 0 radical (unpaired) electrons. The third-order valence-corrected chi connectivity index (χ3v) is 4.31. The molecule has 0 saturated heterocycles. The van der Waals surface area contributed by atoms with Crippen LogP contribution in [0.2, 0.25) is 0 Å². The first-order valence-electron chi connectivity index (χ1n) is 9.03. The van der Waals surface area contributed by atoms with Crippen molar-refractivity contribution in [2.75, 3.05) is 13.1 Å². The molecular weight excluding hydrogens is 302 g/mol. The van der Waals surface area contributed by atoms with Gasteiger partial charge in [-0.2, -0.15) is 0 Å². The Morgan fingerprint density at radius 1 is 1.29 bits per heavy atom. The second-order valence-electron chi connectivity index (χ2n) is 6.56. The normalized spacial score (nSPS) is 22.8. The summed E-state index contributed by atoms with van der Waals surface area (Å²) in [6, 6.07) is 8.43. The quantitative estimate of drug-likeness (QED) is 0.553. The molecule has 1 aliphatic carbocycles. The third kappa shape index (κ3) is 6.04. The zero-order valence-electron chi connectivity index (χ0n) is 15.1. The van der Waals surface area contributed by atoms with E-state index in [4.69, 9.17) is 4.74 Å². The lowest BCUT2D eigenvalue weighted by molar-refractivity contribution is 0.120. The second kappa shape index (κ2) is 9.52. The number of rotatable bonds is 6. The van der Waals surface area contributed by atoms with Gasteiger partial charge >= 0.3 is 0 Å². The predicted molar refractivity (Wildman–Crippen MR) is 98.6 cm³/mol. The number of guanidine groups is 1. The van der Waals surface area contributed by atoms with Crippen molar-refractivity contribution in [3.8, 4) is 5.75 Å². The Morgan fingerprint density at radius 2 is 2.00 bits per heavy atom. The predicted octanol–water partition coefficient (Wildman–Crippen LogP) is 2.62. The van der Waals surface area contributed by atoms with Gasteiger partial charge in [-0.1, -0.05) is 18.2 Å². The topological polar surface area (TPSA) is 65.9 Å². The van der Waals surface area contributed by atoms with E-state index in [9.17, 15) is 5.11 Å². The molecule has 1 aromatic carbocycles. The molecule has 5 nitrogen and oxygen atoms in total. The Labute approximate surface area is 145 Å². The maximum absolute atomic E-state index is 9.61. The number of para-hydroxylation sites is 1. The first kappa shape index (κ1) is 18.6. The van der Waals surface area contributed by atoms with E-state index in [1.54, 1.807) is 0 Å². The van der Waals surface area contributed by atoms with Gasteiger partial charge in [-0.25, -0.2) is 4.99 Å². The molecule has 1 fully saturated rings. The number of aliphatic imine (C=N–C) groups is 1. The highest BCUT2D eigenvalue weighted by molar-refractivity contribution is 5.80. The highest BCUT2D eigenvalue weighted by Gasteiger charge is 2.20. The van der Waals surface area contributed by atoms with Crippen LogP contribution in [0.25, 0.3) is 0 Å². The fourth-order valence-electron chi connectivity index (χ4n) is 2.90. The number of hydrogen-bond acceptors (Lipinski definition) is 3. The zero-order chi connectivity index (χ0) is 17.4. The van der Waals surface area contributed by atoms with Gasteiger partial charge < -0.3 is 20.5 Å². The van der Waals surface area contributed by atoms with Crippen LogP contribution in [-0.2, 0) is 0 Å². The summed E-state index contributed by atoms with van der Waals surface area (Å²) in [5.41, 5.74) is 1.14. The Kier molecular flexibility index (Phi) is 7.37. The van der Waals surface area contributed by atoms with E-state index in [1.807, 2.05) is 25.1 Å². The molecule has 0 bridgehead atoms. The van der Waals surface area contributed by atoms with Crippen molar-refractivity contribution in [1.82, 2.24) is 10.6 Å². The van der Waals surface area contributed by atoms with Crippen molar-refractivity contribution in [2.24, 2.45) is 4.99 Å². The van der Waals surface area contributed by atoms with Gasteiger partial charge in [0.15, 0.2) is 5.96 Å². The SMILES string of the molecule is CCNC(=NCC(C)Oc1ccccc1C)NC1CCC(O)CC1. The number of nitrogens with zero attached hydrogens (tertiary/aromatic N) is 1. The summed E-state index contributed by atoms with van der Waals surface area (Å²) in [6.45, 7) is 7.58. The Balaban J connectivity index is 1.86. The molecule has 0 heterocycles. The van der Waals surface area contributed by atoms with E-state index in [-0.39, 0.29) is 12.2 Å². The van der Waals surface area contributed by atoms with Crippen molar-refractivity contribution in [3.63, 3.8) is 0 Å². The molecule has 0 aliphatic heterocycles. The highest BCUT2D eigenvalue weighted by Crippen LogP contribution is 2.19. The minimum atomic E-state index is -0.134. The molecule has 24 heavy (non-hydrogen) atoms. The number of benzene rings is 1. The molecule has 134 valence electrons. The van der Waals surface area contributed by atoms with Crippen molar-refractivity contribution in [2.45, 2.75) is 64.7 Å². The summed E-state index contributed by atoms with van der Waals surface area (Å²) in [5, 5.41) is 16.4. The largest absolute Gasteiger partial charge is 0.489 e. The van der Waals surface area contributed by atoms with Gasteiger partial charge in [0, 0.05) is 12.6 Å². The van der Waals surface area contributed by atoms with Crippen LogP contribution in [0.3, 0.4) is 0 Å². The minimum absolute atomic E-state index is 0.00901. The van der Waals surface area contributed by atoms with Crippen LogP contribution in [0.4, 0.5) is 0 Å². The van der Waals surface area contributed by atoms with Gasteiger partial charge in [0.25, 0.3) is 0 Å². The van der Waals surface area contributed by atoms with Gasteiger partial charge in [0.2, 0.25) is 0 Å². The van der Waals surface area contributed by atoms with Crippen LogP contribution >= 0.6 is 0 Å². The van der Waals surface area contributed by atoms with Crippen molar-refractivity contribution in [1.29, 1.82) is 0 Å². The van der Waals surface area contributed by atoms with E-state index in [2.05, 4.69) is 35.5 Å². The molecule has 0 amide bonds. The fraction of sp³-hybridized carbons (Fsp3) is 0.632. The molecular formula is C19H31N3O2. The molecule has 0 spiro atoms.